The highest BCUT2D eigenvalue weighted by atomic mass is 35.5. The quantitative estimate of drug-likeness (QED) is 0.726. The van der Waals surface area contributed by atoms with Gasteiger partial charge in [0.05, 0.1) is 5.69 Å². The molecule has 7 heteroatoms. The summed E-state index contributed by atoms with van der Waals surface area (Å²) in [7, 11) is 0. The van der Waals surface area contributed by atoms with Crippen LogP contribution in [0.2, 0.25) is 5.02 Å². The number of nitrogens with one attached hydrogen (secondary N) is 1. The van der Waals surface area contributed by atoms with Crippen LogP contribution < -0.4 is 15.4 Å². The van der Waals surface area contributed by atoms with E-state index >= 15 is 0 Å². The van der Waals surface area contributed by atoms with E-state index in [0.717, 1.165) is 9.87 Å². The maximum absolute atomic E-state index is 12.1. The normalized spacial score (nSPS) is 10.2. The van der Waals surface area contributed by atoms with Gasteiger partial charge in [0.15, 0.2) is 0 Å². The maximum atomic E-state index is 12.1. The van der Waals surface area contributed by atoms with Crippen LogP contribution >= 0.6 is 24.4 Å². The zero-order valence-corrected chi connectivity index (χ0v) is 13.8. The first-order chi connectivity index (χ1) is 11.0. The average Bonchev–Trinajstić information content (AvgIpc) is 2.56. The van der Waals surface area contributed by atoms with Gasteiger partial charge in [-0.2, -0.15) is 0 Å². The Hall–Kier alpha value is -2.18. The minimum atomic E-state index is -0.522. The van der Waals surface area contributed by atoms with Crippen LogP contribution in [0.5, 0.6) is 0 Å². The van der Waals surface area contributed by atoms with Crippen molar-refractivity contribution >= 4 is 42.0 Å². The molecule has 5 nitrogen and oxygen atoms in total. The monoisotopic (exact) mass is 349 g/mol. The smallest absolute Gasteiger partial charge is 0.331 e. The summed E-state index contributed by atoms with van der Waals surface area (Å²) in [5.74, 6) is -0.522. The predicted molar refractivity (Wildman–Crippen MR) is 95.0 cm³/mol. The maximum Gasteiger partial charge on any atom is 0.331 e. The largest absolute Gasteiger partial charge is 0.366 e. The van der Waals surface area contributed by atoms with Gasteiger partial charge in [0.25, 0.3) is 0 Å². The molecule has 2 aromatic carbocycles. The lowest BCUT2D eigenvalue weighted by atomic mass is 10.1. The summed E-state index contributed by atoms with van der Waals surface area (Å²) in [6.07, 6.45) is 0.619. The summed E-state index contributed by atoms with van der Waals surface area (Å²) >= 11 is 10.2. The fourth-order valence-corrected chi connectivity index (χ4v) is 2.40. The van der Waals surface area contributed by atoms with Crippen molar-refractivity contribution < 1.29 is 9.59 Å². The summed E-state index contributed by atoms with van der Waals surface area (Å²) < 4.78 is 1.16. The molecule has 0 saturated carbocycles. The molecular formula is C16H16ClN3O2S. The summed E-state index contributed by atoms with van der Waals surface area (Å²) in [4.78, 5) is 23.1. The Labute approximate surface area is 145 Å². The number of anilines is 1. The van der Waals surface area contributed by atoms with Gasteiger partial charge >= 0.3 is 6.03 Å². The molecule has 0 aromatic heterocycles. The molecule has 0 aliphatic rings. The number of amides is 3. The Bertz CT molecular complexity index is 707. The molecule has 0 unspecified atom stereocenters. The van der Waals surface area contributed by atoms with Gasteiger partial charge in [0, 0.05) is 17.1 Å². The third-order valence-corrected chi connectivity index (χ3v) is 4.00. The van der Waals surface area contributed by atoms with E-state index in [2.05, 4.69) is 18.1 Å². The molecule has 120 valence electrons. The molecule has 0 aliphatic carbocycles. The Morgan fingerprint density at radius 3 is 2.39 bits per heavy atom. The number of thiol groups is 1. The van der Waals surface area contributed by atoms with E-state index in [9.17, 15) is 9.59 Å². The second-order valence-electron chi connectivity index (χ2n) is 4.80. The number of primary amides is 1. The SMILES string of the molecule is NC(=O)c1ccc(N(S)C(=O)NCCc2ccccc2Cl)cc1. The highest BCUT2D eigenvalue weighted by molar-refractivity contribution is 7.82. The van der Waals surface area contributed by atoms with E-state index < -0.39 is 5.91 Å². The second-order valence-corrected chi connectivity index (χ2v) is 5.60. The van der Waals surface area contributed by atoms with Crippen molar-refractivity contribution in [1.82, 2.24) is 5.32 Å². The van der Waals surface area contributed by atoms with E-state index in [4.69, 9.17) is 17.3 Å². The zero-order valence-electron chi connectivity index (χ0n) is 12.2. The Morgan fingerprint density at radius 1 is 1.13 bits per heavy atom. The lowest BCUT2D eigenvalue weighted by Gasteiger charge is -2.17. The van der Waals surface area contributed by atoms with Gasteiger partial charge in [-0.1, -0.05) is 42.6 Å². The van der Waals surface area contributed by atoms with E-state index in [1.807, 2.05) is 24.3 Å². The molecule has 0 fully saturated rings. The second kappa shape index (κ2) is 7.89. The van der Waals surface area contributed by atoms with Crippen LogP contribution in [0.4, 0.5) is 10.5 Å². The molecule has 0 radical (unpaired) electrons. The number of halogens is 1. The number of hydrogen-bond donors (Lipinski definition) is 3. The number of carbonyl (C=O) groups excluding carboxylic acids is 2. The number of rotatable bonds is 5. The molecule has 3 amide bonds. The first-order valence-corrected chi connectivity index (χ1v) is 7.67. The number of nitrogens with zero attached hydrogens (tertiary/aromatic N) is 1. The molecule has 2 aromatic rings. The fraction of sp³-hybridized carbons (Fsp3) is 0.125. The zero-order chi connectivity index (χ0) is 16.8. The summed E-state index contributed by atoms with van der Waals surface area (Å²) in [6.45, 7) is 0.430. The molecule has 2 rings (SSSR count). The van der Waals surface area contributed by atoms with Crippen molar-refractivity contribution in [1.29, 1.82) is 0 Å². The Kier molecular flexibility index (Phi) is 5.90. The van der Waals surface area contributed by atoms with Crippen LogP contribution in [0.15, 0.2) is 48.5 Å². The lowest BCUT2D eigenvalue weighted by molar-refractivity contribution is 0.100. The third kappa shape index (κ3) is 4.64. The first-order valence-electron chi connectivity index (χ1n) is 6.89. The van der Waals surface area contributed by atoms with E-state index in [-0.39, 0.29) is 6.03 Å². The minimum Gasteiger partial charge on any atom is -0.366 e. The van der Waals surface area contributed by atoms with Gasteiger partial charge in [-0.25, -0.2) is 9.10 Å². The number of benzene rings is 2. The van der Waals surface area contributed by atoms with Crippen molar-refractivity contribution in [3.8, 4) is 0 Å². The van der Waals surface area contributed by atoms with Crippen molar-refractivity contribution in [3.05, 3.63) is 64.7 Å². The van der Waals surface area contributed by atoms with Crippen molar-refractivity contribution in [2.24, 2.45) is 5.73 Å². The number of urea groups is 1. The first kappa shape index (κ1) is 17.2. The highest BCUT2D eigenvalue weighted by Gasteiger charge is 2.12. The average molecular weight is 350 g/mol. The molecule has 0 saturated heterocycles. The number of carbonyl (C=O) groups is 2. The summed E-state index contributed by atoms with van der Waals surface area (Å²) in [5.41, 5.74) is 7.04. The third-order valence-electron chi connectivity index (χ3n) is 3.22. The van der Waals surface area contributed by atoms with E-state index in [1.165, 1.54) is 12.1 Å². The van der Waals surface area contributed by atoms with Crippen LogP contribution in [-0.2, 0) is 6.42 Å². The van der Waals surface area contributed by atoms with Crippen molar-refractivity contribution in [2.75, 3.05) is 10.8 Å². The van der Waals surface area contributed by atoms with Gasteiger partial charge < -0.3 is 11.1 Å². The standard InChI is InChI=1S/C16H16ClN3O2S/c17-14-4-2-1-3-11(14)9-10-19-16(22)20(23)13-7-5-12(6-8-13)15(18)21/h1-8,23H,9-10H2,(H2,18,21)(H,19,22). The van der Waals surface area contributed by atoms with Crippen LogP contribution in [0.1, 0.15) is 15.9 Å². The van der Waals surface area contributed by atoms with Crippen molar-refractivity contribution in [3.63, 3.8) is 0 Å². The Morgan fingerprint density at radius 2 is 1.78 bits per heavy atom. The van der Waals surface area contributed by atoms with Gasteiger partial charge in [0.2, 0.25) is 5.91 Å². The fourth-order valence-electron chi connectivity index (χ4n) is 1.96. The van der Waals surface area contributed by atoms with Gasteiger partial charge in [0.1, 0.15) is 0 Å². The Balaban J connectivity index is 1.90. The van der Waals surface area contributed by atoms with E-state index in [0.29, 0.717) is 29.2 Å². The topological polar surface area (TPSA) is 75.4 Å². The van der Waals surface area contributed by atoms with Crippen LogP contribution in [0, 0.1) is 0 Å². The number of hydrogen-bond acceptors (Lipinski definition) is 3. The van der Waals surface area contributed by atoms with Crippen LogP contribution in [0.3, 0.4) is 0 Å². The predicted octanol–water partition coefficient (Wildman–Crippen LogP) is 3.04. The molecule has 0 atom stereocenters. The minimum absolute atomic E-state index is 0.368. The molecule has 0 aliphatic heterocycles. The summed E-state index contributed by atoms with van der Waals surface area (Å²) in [5, 5.41) is 3.43. The van der Waals surface area contributed by atoms with Gasteiger partial charge in [-0.15, -0.1) is 0 Å². The van der Waals surface area contributed by atoms with Crippen molar-refractivity contribution in [2.45, 2.75) is 6.42 Å². The molecule has 0 heterocycles. The molecule has 0 bridgehead atoms. The van der Waals surface area contributed by atoms with Gasteiger partial charge in [-0.3, -0.25) is 4.79 Å². The van der Waals surface area contributed by atoms with Gasteiger partial charge in [-0.05, 0) is 42.3 Å². The molecule has 23 heavy (non-hydrogen) atoms. The highest BCUT2D eigenvalue weighted by Crippen LogP contribution is 2.18. The number of nitrogens with two attached hydrogens (primary N) is 1. The lowest BCUT2D eigenvalue weighted by Crippen LogP contribution is -2.35. The molecule has 3 N–H and O–H groups in total. The molecule has 0 spiro atoms. The van der Waals surface area contributed by atoms with E-state index in [1.54, 1.807) is 12.1 Å². The van der Waals surface area contributed by atoms with Crippen LogP contribution in [0.25, 0.3) is 0 Å². The summed E-state index contributed by atoms with van der Waals surface area (Å²) in [6, 6.07) is 13.4. The molecular weight excluding hydrogens is 334 g/mol. The van der Waals surface area contributed by atoms with Crippen LogP contribution in [-0.4, -0.2) is 18.5 Å².